The van der Waals surface area contributed by atoms with Gasteiger partial charge >= 0.3 is 0 Å². The maximum absolute atomic E-state index is 6.51. The van der Waals surface area contributed by atoms with E-state index >= 15 is 0 Å². The Morgan fingerprint density at radius 2 is 2.00 bits per heavy atom. The van der Waals surface area contributed by atoms with E-state index in [9.17, 15) is 0 Å². The molecule has 0 radical (unpaired) electrons. The molecule has 0 amide bonds. The largest absolute Gasteiger partial charge is 0.324 e. The molecule has 0 saturated heterocycles. The smallest absolute Gasteiger partial charge is 0.0326 e. The maximum Gasteiger partial charge on any atom is 0.0326 e. The summed E-state index contributed by atoms with van der Waals surface area (Å²) in [6.07, 6.45) is 10.6. The van der Waals surface area contributed by atoms with Crippen molar-refractivity contribution in [1.29, 1.82) is 0 Å². The van der Waals surface area contributed by atoms with E-state index in [2.05, 4.69) is 31.2 Å². The van der Waals surface area contributed by atoms with Gasteiger partial charge in [0.05, 0.1) is 0 Å². The Balaban J connectivity index is 1.97. The monoisotopic (exact) mass is 245 g/mol. The zero-order chi connectivity index (χ0) is 12.8. The van der Waals surface area contributed by atoms with Crippen LogP contribution in [0.1, 0.15) is 69.0 Å². The molecule has 1 heteroatoms. The Labute approximate surface area is 112 Å². The van der Waals surface area contributed by atoms with Gasteiger partial charge in [-0.15, -0.1) is 0 Å². The molecule has 18 heavy (non-hydrogen) atoms. The van der Waals surface area contributed by atoms with E-state index in [1.807, 2.05) is 0 Å². The molecule has 0 aliphatic heterocycles. The van der Waals surface area contributed by atoms with Crippen LogP contribution in [0.2, 0.25) is 0 Å². The van der Waals surface area contributed by atoms with Crippen molar-refractivity contribution in [2.24, 2.45) is 11.7 Å². The topological polar surface area (TPSA) is 26.0 Å². The van der Waals surface area contributed by atoms with E-state index < -0.39 is 0 Å². The highest BCUT2D eigenvalue weighted by Gasteiger charge is 2.23. The lowest BCUT2D eigenvalue weighted by Gasteiger charge is -2.23. The summed E-state index contributed by atoms with van der Waals surface area (Å²) in [4.78, 5) is 0. The van der Waals surface area contributed by atoms with Crippen LogP contribution >= 0.6 is 0 Å². The van der Waals surface area contributed by atoms with Crippen LogP contribution in [0.3, 0.4) is 0 Å². The molecule has 0 fully saturated rings. The van der Waals surface area contributed by atoms with Crippen molar-refractivity contribution in [3.8, 4) is 0 Å². The van der Waals surface area contributed by atoms with E-state index in [-0.39, 0.29) is 6.04 Å². The van der Waals surface area contributed by atoms with Gasteiger partial charge in [-0.1, -0.05) is 56.9 Å². The highest BCUT2D eigenvalue weighted by atomic mass is 14.7. The van der Waals surface area contributed by atoms with Gasteiger partial charge in [0.1, 0.15) is 0 Å². The average molecular weight is 245 g/mol. The highest BCUT2D eigenvalue weighted by molar-refractivity contribution is 5.31. The minimum Gasteiger partial charge on any atom is -0.324 e. The quantitative estimate of drug-likeness (QED) is 0.595. The summed E-state index contributed by atoms with van der Waals surface area (Å²) in [7, 11) is 0. The van der Waals surface area contributed by atoms with Crippen LogP contribution in [-0.4, -0.2) is 0 Å². The normalized spacial score (nSPS) is 23.4. The molecule has 1 aromatic rings. The van der Waals surface area contributed by atoms with Crippen molar-refractivity contribution < 1.29 is 0 Å². The summed E-state index contributed by atoms with van der Waals surface area (Å²) in [5.41, 5.74) is 9.40. The molecule has 0 bridgehead atoms. The fraction of sp³-hybridized carbons (Fsp3) is 0.647. The van der Waals surface area contributed by atoms with E-state index in [0.29, 0.717) is 5.92 Å². The zero-order valence-electron chi connectivity index (χ0n) is 11.7. The van der Waals surface area contributed by atoms with Crippen LogP contribution in [-0.2, 0) is 6.42 Å². The Morgan fingerprint density at radius 3 is 2.83 bits per heavy atom. The molecule has 2 atom stereocenters. The lowest BCUT2D eigenvalue weighted by Crippen LogP contribution is -2.21. The van der Waals surface area contributed by atoms with Gasteiger partial charge < -0.3 is 5.73 Å². The second kappa shape index (κ2) is 6.94. The Bertz CT molecular complexity index is 358. The summed E-state index contributed by atoms with van der Waals surface area (Å²) in [5.74, 6) is 0.700. The van der Waals surface area contributed by atoms with Gasteiger partial charge in [0.25, 0.3) is 0 Å². The first-order valence-corrected chi connectivity index (χ1v) is 7.66. The lowest BCUT2D eigenvalue weighted by molar-refractivity contribution is 0.362. The fourth-order valence-electron chi connectivity index (χ4n) is 3.23. The number of rotatable bonds is 5. The van der Waals surface area contributed by atoms with Crippen molar-refractivity contribution >= 4 is 0 Å². The van der Waals surface area contributed by atoms with Crippen molar-refractivity contribution in [2.45, 2.75) is 64.3 Å². The summed E-state index contributed by atoms with van der Waals surface area (Å²) >= 11 is 0. The zero-order valence-corrected chi connectivity index (χ0v) is 11.7. The van der Waals surface area contributed by atoms with Gasteiger partial charge in [0.2, 0.25) is 0 Å². The SMILES string of the molecule is CCCCCCC1CCCc2ccccc2C1N. The average Bonchev–Trinajstić information content (AvgIpc) is 2.56. The summed E-state index contributed by atoms with van der Waals surface area (Å²) in [6.45, 7) is 2.27. The summed E-state index contributed by atoms with van der Waals surface area (Å²) < 4.78 is 0. The van der Waals surface area contributed by atoms with Crippen LogP contribution in [0.25, 0.3) is 0 Å². The molecule has 1 aromatic carbocycles. The molecule has 0 aromatic heterocycles. The Hall–Kier alpha value is -0.820. The van der Waals surface area contributed by atoms with Crippen LogP contribution in [0.4, 0.5) is 0 Å². The van der Waals surface area contributed by atoms with Crippen molar-refractivity contribution in [1.82, 2.24) is 0 Å². The maximum atomic E-state index is 6.51. The molecule has 2 N–H and O–H groups in total. The number of benzene rings is 1. The minimum atomic E-state index is 0.269. The molecular weight excluding hydrogens is 218 g/mol. The number of hydrogen-bond acceptors (Lipinski definition) is 1. The predicted molar refractivity (Wildman–Crippen MR) is 78.6 cm³/mol. The molecule has 1 nitrogen and oxygen atoms in total. The van der Waals surface area contributed by atoms with Crippen molar-refractivity contribution in [3.05, 3.63) is 35.4 Å². The van der Waals surface area contributed by atoms with Crippen LogP contribution in [0, 0.1) is 5.92 Å². The van der Waals surface area contributed by atoms with Gasteiger partial charge in [-0.3, -0.25) is 0 Å². The fourth-order valence-corrected chi connectivity index (χ4v) is 3.23. The third-order valence-corrected chi connectivity index (χ3v) is 4.37. The van der Waals surface area contributed by atoms with Gasteiger partial charge in [-0.2, -0.15) is 0 Å². The molecule has 0 heterocycles. The molecule has 2 rings (SSSR count). The number of nitrogens with two attached hydrogens (primary N) is 1. The second-order valence-electron chi connectivity index (χ2n) is 5.73. The van der Waals surface area contributed by atoms with E-state index in [1.54, 1.807) is 0 Å². The molecule has 1 aliphatic carbocycles. The molecule has 2 unspecified atom stereocenters. The molecule has 0 spiro atoms. The molecular formula is C17H27N. The third kappa shape index (κ3) is 3.35. The highest BCUT2D eigenvalue weighted by Crippen LogP contribution is 2.34. The van der Waals surface area contributed by atoms with Gasteiger partial charge in [-0.05, 0) is 42.7 Å². The Kier molecular flexibility index (Phi) is 5.25. The number of fused-ring (bicyclic) bond motifs is 1. The van der Waals surface area contributed by atoms with Crippen LogP contribution < -0.4 is 5.73 Å². The third-order valence-electron chi connectivity index (χ3n) is 4.37. The van der Waals surface area contributed by atoms with E-state index in [1.165, 1.54) is 62.5 Å². The number of hydrogen-bond donors (Lipinski definition) is 1. The standard InChI is InChI=1S/C17H27N/c1-2-3-4-5-10-15-12-8-11-14-9-6-7-13-16(14)17(15)18/h6-7,9,13,15,17H,2-5,8,10-12,18H2,1H3. The van der Waals surface area contributed by atoms with Crippen molar-refractivity contribution in [3.63, 3.8) is 0 Å². The molecule has 0 saturated carbocycles. The minimum absolute atomic E-state index is 0.269. The summed E-state index contributed by atoms with van der Waals surface area (Å²) in [6, 6.07) is 9.05. The van der Waals surface area contributed by atoms with Gasteiger partial charge in [0, 0.05) is 6.04 Å². The Morgan fingerprint density at radius 1 is 1.17 bits per heavy atom. The van der Waals surface area contributed by atoms with Crippen LogP contribution in [0.15, 0.2) is 24.3 Å². The first-order chi connectivity index (χ1) is 8.83. The van der Waals surface area contributed by atoms with Gasteiger partial charge in [0.15, 0.2) is 0 Å². The predicted octanol–water partition coefficient (Wildman–Crippen LogP) is 4.61. The molecule has 1 aliphatic rings. The lowest BCUT2D eigenvalue weighted by atomic mass is 9.87. The van der Waals surface area contributed by atoms with E-state index in [0.717, 1.165) is 0 Å². The molecule has 100 valence electrons. The summed E-state index contributed by atoms with van der Waals surface area (Å²) in [5, 5.41) is 0. The first-order valence-electron chi connectivity index (χ1n) is 7.66. The number of unbranched alkanes of at least 4 members (excludes halogenated alkanes) is 3. The van der Waals surface area contributed by atoms with Gasteiger partial charge in [-0.25, -0.2) is 0 Å². The van der Waals surface area contributed by atoms with Crippen molar-refractivity contribution in [2.75, 3.05) is 0 Å². The van der Waals surface area contributed by atoms with E-state index in [4.69, 9.17) is 5.73 Å². The first kappa shape index (κ1) is 13.6. The second-order valence-corrected chi connectivity index (χ2v) is 5.73. The number of aryl methyl sites for hydroxylation is 1. The van der Waals surface area contributed by atoms with Crippen LogP contribution in [0.5, 0.6) is 0 Å².